The van der Waals surface area contributed by atoms with Crippen molar-refractivity contribution in [2.24, 2.45) is 0 Å². The van der Waals surface area contributed by atoms with E-state index in [2.05, 4.69) is 9.36 Å². The van der Waals surface area contributed by atoms with E-state index in [0.717, 1.165) is 28.8 Å². The predicted molar refractivity (Wildman–Crippen MR) is 71.6 cm³/mol. The zero-order chi connectivity index (χ0) is 13.4. The third kappa shape index (κ3) is 2.20. The average molecular weight is 293 g/mol. The zero-order valence-electron chi connectivity index (χ0n) is 9.69. The van der Waals surface area contributed by atoms with Crippen molar-refractivity contribution < 1.29 is 9.34 Å². The van der Waals surface area contributed by atoms with E-state index in [1.54, 1.807) is 13.0 Å². The Morgan fingerprint density at radius 1 is 1.42 bits per heavy atom. The Bertz CT molecular complexity index is 732. The van der Waals surface area contributed by atoms with Gasteiger partial charge in [-0.1, -0.05) is 12.1 Å². The highest BCUT2D eigenvalue weighted by Crippen LogP contribution is 2.40. The van der Waals surface area contributed by atoms with E-state index in [-0.39, 0.29) is 5.69 Å². The summed E-state index contributed by atoms with van der Waals surface area (Å²) in [6, 6.07) is 7.34. The van der Waals surface area contributed by atoms with Crippen LogP contribution in [0, 0.1) is 17.0 Å². The van der Waals surface area contributed by atoms with Crippen molar-refractivity contribution in [3.8, 4) is 0 Å². The summed E-state index contributed by atoms with van der Waals surface area (Å²) in [6.45, 7) is 1.62. The number of aromatic nitrogens is 2. The third-order valence-corrected chi connectivity index (χ3v) is 4.36. The van der Waals surface area contributed by atoms with Gasteiger partial charge in [0.15, 0.2) is 9.79 Å². The first-order valence-electron chi connectivity index (χ1n) is 5.29. The van der Waals surface area contributed by atoms with E-state index in [0.29, 0.717) is 20.7 Å². The molecule has 96 valence electrons. The number of aryl methyl sites for hydroxylation is 1. The Hall–Kier alpha value is -1.93. The summed E-state index contributed by atoms with van der Waals surface area (Å²) in [5.74, 6) is 0. The molecule has 0 radical (unpaired) electrons. The second kappa shape index (κ2) is 4.63. The van der Waals surface area contributed by atoms with Gasteiger partial charge >= 0.3 is 5.69 Å². The van der Waals surface area contributed by atoms with Gasteiger partial charge in [0.25, 0.3) is 5.22 Å². The Kier molecular flexibility index (Phi) is 2.96. The molecule has 0 unspecified atom stereocenters. The number of fused-ring (bicyclic) bond motifs is 1. The molecule has 0 amide bonds. The normalized spacial score (nSPS) is 11.0. The van der Waals surface area contributed by atoms with Crippen LogP contribution in [0.1, 0.15) is 5.69 Å². The van der Waals surface area contributed by atoms with Crippen molar-refractivity contribution >= 4 is 40.1 Å². The lowest BCUT2D eigenvalue weighted by atomic mass is 10.3. The molecular weight excluding hydrogens is 286 g/mol. The van der Waals surface area contributed by atoms with Crippen LogP contribution in [0.4, 0.5) is 5.69 Å². The highest BCUT2D eigenvalue weighted by atomic mass is 32.2. The van der Waals surface area contributed by atoms with Gasteiger partial charge in [0.05, 0.1) is 4.92 Å². The first-order chi connectivity index (χ1) is 9.15. The van der Waals surface area contributed by atoms with Crippen molar-refractivity contribution in [1.29, 1.82) is 0 Å². The fourth-order valence-corrected chi connectivity index (χ4v) is 3.43. The zero-order valence-corrected chi connectivity index (χ0v) is 11.3. The highest BCUT2D eigenvalue weighted by molar-refractivity contribution is 8.01. The highest BCUT2D eigenvalue weighted by Gasteiger charge is 2.24. The number of nitrogens with zero attached hydrogens (tertiary/aromatic N) is 3. The molecule has 0 atom stereocenters. The molecule has 0 spiro atoms. The van der Waals surface area contributed by atoms with Crippen molar-refractivity contribution in [3.05, 3.63) is 40.1 Å². The molecule has 0 N–H and O–H groups in total. The van der Waals surface area contributed by atoms with E-state index in [1.807, 2.05) is 18.2 Å². The van der Waals surface area contributed by atoms with Gasteiger partial charge in [-0.15, -0.1) is 0 Å². The SMILES string of the molecule is Cc1nsc(Sc2nc3ccccc3o2)c1[N+](=O)[O-]. The first kappa shape index (κ1) is 12.1. The van der Waals surface area contributed by atoms with Gasteiger partial charge in [-0.2, -0.15) is 4.37 Å². The number of hydrogen-bond donors (Lipinski definition) is 0. The number of hydrogen-bond acceptors (Lipinski definition) is 7. The maximum Gasteiger partial charge on any atom is 0.316 e. The molecule has 0 aliphatic heterocycles. The maximum atomic E-state index is 11.0. The lowest BCUT2D eigenvalue weighted by molar-refractivity contribution is -0.387. The molecule has 0 saturated heterocycles. The lowest BCUT2D eigenvalue weighted by Gasteiger charge is -1.91. The van der Waals surface area contributed by atoms with Gasteiger partial charge in [-0.25, -0.2) is 4.98 Å². The van der Waals surface area contributed by atoms with Crippen LogP contribution in [0.15, 0.2) is 38.1 Å². The van der Waals surface area contributed by atoms with Crippen LogP contribution >= 0.6 is 23.3 Å². The summed E-state index contributed by atoms with van der Waals surface area (Å²) in [4.78, 5) is 14.8. The monoisotopic (exact) mass is 293 g/mol. The van der Waals surface area contributed by atoms with Crippen LogP contribution < -0.4 is 0 Å². The quantitative estimate of drug-likeness (QED) is 0.541. The topological polar surface area (TPSA) is 82.1 Å². The summed E-state index contributed by atoms with van der Waals surface area (Å²) in [7, 11) is 0. The summed E-state index contributed by atoms with van der Waals surface area (Å²) in [5.41, 5.74) is 1.83. The van der Waals surface area contributed by atoms with Crippen LogP contribution in [-0.2, 0) is 0 Å². The lowest BCUT2D eigenvalue weighted by Crippen LogP contribution is -1.89. The van der Waals surface area contributed by atoms with Crippen LogP contribution in [0.3, 0.4) is 0 Å². The van der Waals surface area contributed by atoms with Gasteiger partial charge in [0, 0.05) is 0 Å². The Labute approximate surface area is 115 Å². The van der Waals surface area contributed by atoms with E-state index in [1.165, 1.54) is 0 Å². The van der Waals surface area contributed by atoms with Crippen molar-refractivity contribution in [2.45, 2.75) is 16.4 Å². The minimum Gasteiger partial charge on any atom is -0.431 e. The number of rotatable bonds is 3. The first-order valence-corrected chi connectivity index (χ1v) is 6.88. The van der Waals surface area contributed by atoms with Crippen molar-refractivity contribution in [3.63, 3.8) is 0 Å². The molecule has 0 aliphatic rings. The minimum atomic E-state index is -0.427. The smallest absolute Gasteiger partial charge is 0.316 e. The molecule has 1 aromatic carbocycles. The van der Waals surface area contributed by atoms with Gasteiger partial charge < -0.3 is 4.42 Å². The van der Waals surface area contributed by atoms with E-state index < -0.39 is 4.92 Å². The Balaban J connectivity index is 1.99. The standard InChI is InChI=1S/C11H7N3O3S2/c1-6-9(14(15)16)10(19-13-6)18-11-12-7-4-2-3-5-8(7)17-11/h2-5H,1H3. The summed E-state index contributed by atoms with van der Waals surface area (Å²) < 4.78 is 10.0. The number of nitro groups is 1. The van der Waals surface area contributed by atoms with Crippen LogP contribution in [-0.4, -0.2) is 14.3 Å². The summed E-state index contributed by atoms with van der Waals surface area (Å²) in [6.07, 6.45) is 0. The molecule has 0 bridgehead atoms. The number of benzene rings is 1. The van der Waals surface area contributed by atoms with E-state index >= 15 is 0 Å². The van der Waals surface area contributed by atoms with Gasteiger partial charge in [-0.05, 0) is 42.4 Å². The summed E-state index contributed by atoms with van der Waals surface area (Å²) >= 11 is 2.21. The van der Waals surface area contributed by atoms with Crippen LogP contribution in [0.5, 0.6) is 0 Å². The molecular formula is C11H7N3O3S2. The van der Waals surface area contributed by atoms with Gasteiger partial charge in [0.1, 0.15) is 11.2 Å². The van der Waals surface area contributed by atoms with Crippen LogP contribution in [0.2, 0.25) is 0 Å². The molecule has 0 saturated carbocycles. The molecule has 3 rings (SSSR count). The van der Waals surface area contributed by atoms with E-state index in [4.69, 9.17) is 4.42 Å². The fourth-order valence-electron chi connectivity index (χ4n) is 1.59. The van der Waals surface area contributed by atoms with Gasteiger partial charge in [-0.3, -0.25) is 10.1 Å². The minimum absolute atomic E-state index is 0.0252. The molecule has 19 heavy (non-hydrogen) atoms. The molecule has 0 aliphatic carbocycles. The largest absolute Gasteiger partial charge is 0.431 e. The fraction of sp³-hybridized carbons (Fsp3) is 0.0909. The average Bonchev–Trinajstić information content (AvgIpc) is 2.92. The van der Waals surface area contributed by atoms with Crippen molar-refractivity contribution in [1.82, 2.24) is 9.36 Å². The molecule has 6 nitrogen and oxygen atoms in total. The predicted octanol–water partition coefficient (Wildman–Crippen LogP) is 3.65. The van der Waals surface area contributed by atoms with Gasteiger partial charge in [0.2, 0.25) is 0 Å². The molecule has 0 fully saturated rings. The Morgan fingerprint density at radius 3 is 2.95 bits per heavy atom. The van der Waals surface area contributed by atoms with E-state index in [9.17, 15) is 10.1 Å². The number of para-hydroxylation sites is 2. The maximum absolute atomic E-state index is 11.0. The summed E-state index contributed by atoms with van der Waals surface area (Å²) in [5, 5.41) is 11.4. The second-order valence-corrected chi connectivity index (χ2v) is 5.70. The van der Waals surface area contributed by atoms with Crippen molar-refractivity contribution in [2.75, 3.05) is 0 Å². The molecule has 2 heterocycles. The third-order valence-electron chi connectivity index (χ3n) is 2.44. The number of oxazole rings is 1. The second-order valence-electron chi connectivity index (χ2n) is 3.71. The molecule has 2 aromatic heterocycles. The molecule has 3 aromatic rings. The van der Waals surface area contributed by atoms with Crippen LogP contribution in [0.25, 0.3) is 11.1 Å². The molecule has 8 heteroatoms. The Morgan fingerprint density at radius 2 is 2.21 bits per heavy atom.